The van der Waals surface area contributed by atoms with Gasteiger partial charge in [-0.25, -0.2) is 4.79 Å². The fourth-order valence-corrected chi connectivity index (χ4v) is 2.60. The SMILES string of the molecule is CC(C)[C@@](C)(C#N)NC(=O)COC(=O)/C=C/c1cc(Cl)c2c(c1)OCCCO2. The van der Waals surface area contributed by atoms with Crippen LogP contribution in [0.5, 0.6) is 11.5 Å². The van der Waals surface area contributed by atoms with Gasteiger partial charge in [-0.15, -0.1) is 0 Å². The number of rotatable bonds is 6. The normalized spacial score (nSPS) is 15.4. The molecule has 1 aliphatic rings. The zero-order chi connectivity index (χ0) is 20.7. The zero-order valence-corrected chi connectivity index (χ0v) is 16.8. The number of ether oxygens (including phenoxy) is 3. The van der Waals surface area contributed by atoms with Gasteiger partial charge in [0.2, 0.25) is 0 Å². The second-order valence-corrected chi connectivity index (χ2v) is 7.25. The van der Waals surface area contributed by atoms with Crippen LogP contribution in [0.15, 0.2) is 18.2 Å². The first-order valence-electron chi connectivity index (χ1n) is 8.91. The van der Waals surface area contributed by atoms with Crippen molar-refractivity contribution in [2.75, 3.05) is 19.8 Å². The molecule has 1 aliphatic heterocycles. The monoisotopic (exact) mass is 406 g/mol. The van der Waals surface area contributed by atoms with E-state index < -0.39 is 24.0 Å². The molecule has 7 nitrogen and oxygen atoms in total. The summed E-state index contributed by atoms with van der Waals surface area (Å²) in [5.74, 6) is -0.330. The van der Waals surface area contributed by atoms with Crippen LogP contribution in [-0.2, 0) is 14.3 Å². The number of amides is 1. The van der Waals surface area contributed by atoms with Crippen LogP contribution in [0.25, 0.3) is 6.08 Å². The number of benzene rings is 1. The second kappa shape index (κ2) is 9.47. The fraction of sp³-hybridized carbons (Fsp3) is 0.450. The molecular formula is C20H23ClN2O5. The van der Waals surface area contributed by atoms with Gasteiger partial charge in [0.05, 0.1) is 24.3 Å². The van der Waals surface area contributed by atoms with Crippen molar-refractivity contribution in [2.24, 2.45) is 5.92 Å². The molecule has 1 amide bonds. The minimum atomic E-state index is -1.03. The van der Waals surface area contributed by atoms with Crippen LogP contribution in [0, 0.1) is 17.2 Å². The van der Waals surface area contributed by atoms with Crippen LogP contribution in [-0.4, -0.2) is 37.2 Å². The van der Waals surface area contributed by atoms with Gasteiger partial charge in [0.1, 0.15) is 5.54 Å². The summed E-state index contributed by atoms with van der Waals surface area (Å²) in [5, 5.41) is 12.2. The van der Waals surface area contributed by atoms with Crippen molar-refractivity contribution in [1.82, 2.24) is 5.32 Å². The standard InChI is InChI=1S/C20H23ClN2O5/c1-13(2)20(3,12-22)23-17(24)11-28-18(25)6-5-14-9-15(21)19-16(10-14)26-7-4-8-27-19/h5-6,9-10,13H,4,7-8,11H2,1-3H3,(H,23,24)/b6-5+/t20-/m1/s1. The molecule has 1 aromatic carbocycles. The lowest BCUT2D eigenvalue weighted by Gasteiger charge is -2.27. The summed E-state index contributed by atoms with van der Waals surface area (Å²) in [7, 11) is 0. The molecule has 0 saturated carbocycles. The molecule has 0 saturated heterocycles. The third kappa shape index (κ3) is 5.64. The topological polar surface area (TPSA) is 97.7 Å². The van der Waals surface area contributed by atoms with Crippen LogP contribution >= 0.6 is 11.6 Å². The average molecular weight is 407 g/mol. The molecule has 0 fully saturated rings. The first kappa shape index (κ1) is 21.6. The maximum absolute atomic E-state index is 11.9. The van der Waals surface area contributed by atoms with Crippen molar-refractivity contribution in [1.29, 1.82) is 5.26 Å². The van der Waals surface area contributed by atoms with Crippen LogP contribution in [0.3, 0.4) is 0 Å². The van der Waals surface area contributed by atoms with Crippen molar-refractivity contribution >= 4 is 29.6 Å². The summed E-state index contributed by atoms with van der Waals surface area (Å²) in [4.78, 5) is 23.8. The third-order valence-electron chi connectivity index (χ3n) is 4.37. The molecule has 1 heterocycles. The Morgan fingerprint density at radius 3 is 2.79 bits per heavy atom. The molecule has 0 bridgehead atoms. The van der Waals surface area contributed by atoms with Crippen molar-refractivity contribution in [3.8, 4) is 17.6 Å². The Labute approximate surface area is 169 Å². The Morgan fingerprint density at radius 1 is 1.39 bits per heavy atom. The Morgan fingerprint density at radius 2 is 2.11 bits per heavy atom. The van der Waals surface area contributed by atoms with E-state index in [1.807, 2.05) is 13.8 Å². The summed E-state index contributed by atoms with van der Waals surface area (Å²) in [6, 6.07) is 5.41. The predicted molar refractivity (Wildman–Crippen MR) is 104 cm³/mol. The summed E-state index contributed by atoms with van der Waals surface area (Å²) in [6.45, 7) is 5.82. The highest BCUT2D eigenvalue weighted by Gasteiger charge is 2.30. The fourth-order valence-electron chi connectivity index (χ4n) is 2.32. The van der Waals surface area contributed by atoms with Crippen LogP contribution < -0.4 is 14.8 Å². The number of nitrogens with one attached hydrogen (secondary N) is 1. The van der Waals surface area contributed by atoms with Crippen LogP contribution in [0.4, 0.5) is 0 Å². The molecule has 0 unspecified atom stereocenters. The average Bonchev–Trinajstić information content (AvgIpc) is 2.90. The molecule has 8 heteroatoms. The quantitative estimate of drug-likeness (QED) is 0.575. The summed E-state index contributed by atoms with van der Waals surface area (Å²) >= 11 is 6.20. The number of nitriles is 1. The van der Waals surface area contributed by atoms with E-state index in [2.05, 4.69) is 11.4 Å². The zero-order valence-electron chi connectivity index (χ0n) is 16.1. The lowest BCUT2D eigenvalue weighted by atomic mass is 9.90. The van der Waals surface area contributed by atoms with E-state index in [0.717, 1.165) is 6.42 Å². The molecule has 0 aliphatic carbocycles. The maximum atomic E-state index is 11.9. The molecule has 0 radical (unpaired) electrons. The Balaban J connectivity index is 1.94. The first-order valence-corrected chi connectivity index (χ1v) is 9.29. The summed E-state index contributed by atoms with van der Waals surface area (Å²) in [5.41, 5.74) is -0.396. The molecule has 150 valence electrons. The van der Waals surface area contributed by atoms with E-state index in [9.17, 15) is 14.9 Å². The van der Waals surface area contributed by atoms with E-state index in [1.54, 1.807) is 19.1 Å². The molecule has 28 heavy (non-hydrogen) atoms. The van der Waals surface area contributed by atoms with Gasteiger partial charge in [0.25, 0.3) is 5.91 Å². The number of carbonyl (C=O) groups is 2. The molecule has 1 aromatic rings. The molecule has 1 N–H and O–H groups in total. The van der Waals surface area contributed by atoms with Gasteiger partial charge >= 0.3 is 5.97 Å². The number of carbonyl (C=O) groups excluding carboxylic acids is 2. The van der Waals surface area contributed by atoms with Crippen molar-refractivity contribution < 1.29 is 23.8 Å². The number of fused-ring (bicyclic) bond motifs is 1. The summed E-state index contributed by atoms with van der Waals surface area (Å²) in [6.07, 6.45) is 3.45. The van der Waals surface area contributed by atoms with Crippen LogP contribution in [0.2, 0.25) is 5.02 Å². The van der Waals surface area contributed by atoms with Gasteiger partial charge in [0, 0.05) is 12.5 Å². The number of hydrogen-bond acceptors (Lipinski definition) is 6. The molecular weight excluding hydrogens is 384 g/mol. The third-order valence-corrected chi connectivity index (χ3v) is 4.65. The van der Waals surface area contributed by atoms with Gasteiger partial charge in [-0.3, -0.25) is 4.79 Å². The predicted octanol–water partition coefficient (Wildman–Crippen LogP) is 3.11. The van der Waals surface area contributed by atoms with Crippen molar-refractivity contribution in [2.45, 2.75) is 32.7 Å². The van der Waals surface area contributed by atoms with Gasteiger partial charge in [-0.1, -0.05) is 25.4 Å². The lowest BCUT2D eigenvalue weighted by molar-refractivity contribution is -0.144. The van der Waals surface area contributed by atoms with Crippen molar-refractivity contribution in [3.05, 3.63) is 28.8 Å². The van der Waals surface area contributed by atoms with Gasteiger partial charge in [-0.2, -0.15) is 5.26 Å². The van der Waals surface area contributed by atoms with E-state index >= 15 is 0 Å². The first-order chi connectivity index (χ1) is 13.2. The summed E-state index contributed by atoms with van der Waals surface area (Å²) < 4.78 is 16.1. The highest BCUT2D eigenvalue weighted by atomic mass is 35.5. The van der Waals surface area contributed by atoms with Crippen molar-refractivity contribution in [3.63, 3.8) is 0 Å². The molecule has 0 spiro atoms. The van der Waals surface area contributed by atoms with Gasteiger partial charge < -0.3 is 19.5 Å². The van der Waals surface area contributed by atoms with E-state index in [-0.39, 0.29) is 5.92 Å². The van der Waals surface area contributed by atoms with Gasteiger partial charge in [0.15, 0.2) is 18.1 Å². The molecule has 1 atom stereocenters. The Kier molecular flexibility index (Phi) is 7.30. The highest BCUT2D eigenvalue weighted by molar-refractivity contribution is 6.32. The number of nitrogens with zero attached hydrogens (tertiary/aromatic N) is 1. The Hall–Kier alpha value is -2.72. The van der Waals surface area contributed by atoms with E-state index in [0.29, 0.717) is 35.3 Å². The van der Waals surface area contributed by atoms with E-state index in [4.69, 9.17) is 25.8 Å². The second-order valence-electron chi connectivity index (χ2n) is 6.84. The van der Waals surface area contributed by atoms with Gasteiger partial charge in [-0.05, 0) is 36.6 Å². The largest absolute Gasteiger partial charge is 0.489 e. The number of hydrogen-bond donors (Lipinski definition) is 1. The molecule has 0 aromatic heterocycles. The molecule has 2 rings (SSSR count). The lowest BCUT2D eigenvalue weighted by Crippen LogP contribution is -2.50. The Bertz CT molecular complexity index is 816. The van der Waals surface area contributed by atoms with Crippen LogP contribution in [0.1, 0.15) is 32.8 Å². The highest BCUT2D eigenvalue weighted by Crippen LogP contribution is 2.38. The number of esters is 1. The maximum Gasteiger partial charge on any atom is 0.331 e. The smallest absolute Gasteiger partial charge is 0.331 e. The minimum absolute atomic E-state index is 0.0961. The number of halogens is 1. The van der Waals surface area contributed by atoms with E-state index in [1.165, 1.54) is 12.2 Å². The minimum Gasteiger partial charge on any atom is -0.489 e.